The monoisotopic (exact) mass is 366 g/mol. The van der Waals surface area contributed by atoms with E-state index in [1.807, 2.05) is 6.20 Å². The first kappa shape index (κ1) is 17.2. The van der Waals surface area contributed by atoms with Crippen LogP contribution in [0.15, 0.2) is 36.0 Å². The minimum atomic E-state index is -0.536. The van der Waals surface area contributed by atoms with E-state index in [-0.39, 0.29) is 11.5 Å². The van der Waals surface area contributed by atoms with Gasteiger partial charge in [-0.05, 0) is 43.5 Å². The van der Waals surface area contributed by atoms with Crippen molar-refractivity contribution < 1.29 is 14.2 Å². The van der Waals surface area contributed by atoms with Gasteiger partial charge in [-0.15, -0.1) is 0 Å². The van der Waals surface area contributed by atoms with E-state index in [4.69, 9.17) is 14.2 Å². The number of rotatable bonds is 3. The van der Waals surface area contributed by atoms with E-state index in [1.54, 1.807) is 7.11 Å². The third-order valence-corrected chi connectivity index (χ3v) is 6.50. The first-order valence-electron chi connectivity index (χ1n) is 9.70. The Balaban J connectivity index is 1.51. The fourth-order valence-corrected chi connectivity index (χ4v) is 4.95. The maximum atomic E-state index is 6.43. The summed E-state index contributed by atoms with van der Waals surface area (Å²) in [5, 5.41) is 4.69. The quantitative estimate of drug-likeness (QED) is 0.831. The molecule has 2 fully saturated rings. The number of fused-ring (bicyclic) bond motifs is 3. The van der Waals surface area contributed by atoms with Crippen molar-refractivity contribution in [1.82, 2.24) is 9.78 Å². The van der Waals surface area contributed by atoms with Gasteiger partial charge in [0.1, 0.15) is 6.10 Å². The molecular weight excluding hydrogens is 340 g/mol. The van der Waals surface area contributed by atoms with E-state index in [0.29, 0.717) is 13.2 Å². The summed E-state index contributed by atoms with van der Waals surface area (Å²) in [6.45, 7) is 5.57. The van der Waals surface area contributed by atoms with Gasteiger partial charge in [0.2, 0.25) is 0 Å². The van der Waals surface area contributed by atoms with Gasteiger partial charge in [0.15, 0.2) is 5.79 Å². The zero-order valence-corrected chi connectivity index (χ0v) is 16.2. The molecule has 1 aliphatic heterocycles. The van der Waals surface area contributed by atoms with E-state index in [9.17, 15) is 0 Å². The second kappa shape index (κ2) is 6.03. The maximum absolute atomic E-state index is 6.43. The fraction of sp³-hybridized carbons (Fsp3) is 0.500. The highest BCUT2D eigenvalue weighted by atomic mass is 16.8. The van der Waals surface area contributed by atoms with Crippen LogP contribution in [0.5, 0.6) is 0 Å². The molecule has 1 aromatic heterocycles. The summed E-state index contributed by atoms with van der Waals surface area (Å²) in [6.07, 6.45) is 7.12. The largest absolute Gasteiger partial charge is 0.382 e. The minimum absolute atomic E-state index is 0.0165. The summed E-state index contributed by atoms with van der Waals surface area (Å²) < 4.78 is 20.0. The molecule has 3 aliphatic rings. The Morgan fingerprint density at radius 1 is 1.30 bits per heavy atom. The highest BCUT2D eigenvalue weighted by molar-refractivity contribution is 5.62. The topological polar surface area (TPSA) is 45.5 Å². The standard InChI is InChI=1S/C22H26N2O3/c1-15-4-6-18(7-5-15)24-20-10-17-8-9-22(26-14-19(27-22)13-25-3)21(17,2)11-16(20)12-23-24/h4-7,10,12,19H,8-9,11,13-14H2,1-3H3. The first-order chi connectivity index (χ1) is 13.0. The Kier molecular flexibility index (Phi) is 3.83. The first-order valence-corrected chi connectivity index (χ1v) is 9.70. The Bertz CT molecular complexity index is 901. The predicted octanol–water partition coefficient (Wildman–Crippen LogP) is 3.68. The third kappa shape index (κ3) is 2.45. The molecule has 0 bridgehead atoms. The molecule has 2 aromatic rings. The molecule has 0 amide bonds. The maximum Gasteiger partial charge on any atom is 0.178 e. The van der Waals surface area contributed by atoms with Crippen LogP contribution in [0.4, 0.5) is 0 Å². The Morgan fingerprint density at radius 2 is 2.11 bits per heavy atom. The third-order valence-electron chi connectivity index (χ3n) is 6.50. The number of benzene rings is 1. The molecule has 2 aliphatic carbocycles. The molecule has 5 rings (SSSR count). The second-order valence-electron chi connectivity index (χ2n) is 8.24. The Labute approximate surface area is 159 Å². The van der Waals surface area contributed by atoms with E-state index < -0.39 is 5.79 Å². The summed E-state index contributed by atoms with van der Waals surface area (Å²) in [5.41, 5.74) is 6.05. The van der Waals surface area contributed by atoms with Gasteiger partial charge in [-0.3, -0.25) is 0 Å². The normalized spacial score (nSPS) is 31.8. The van der Waals surface area contributed by atoms with Crippen LogP contribution < -0.4 is 0 Å². The number of hydrogen-bond donors (Lipinski definition) is 0. The van der Waals surface area contributed by atoms with Gasteiger partial charge in [0, 0.05) is 18.9 Å². The van der Waals surface area contributed by atoms with Crippen molar-refractivity contribution in [3.05, 3.63) is 52.9 Å². The SMILES string of the molecule is COCC1COC2(CCC3=Cc4c(cnn4-c4ccc(C)cc4)CC32C)O1. The van der Waals surface area contributed by atoms with Crippen molar-refractivity contribution in [1.29, 1.82) is 0 Å². The molecule has 1 saturated carbocycles. The van der Waals surface area contributed by atoms with E-state index >= 15 is 0 Å². The smallest absolute Gasteiger partial charge is 0.178 e. The van der Waals surface area contributed by atoms with Gasteiger partial charge in [-0.25, -0.2) is 4.68 Å². The van der Waals surface area contributed by atoms with Crippen LogP contribution in [0.25, 0.3) is 11.8 Å². The highest BCUT2D eigenvalue weighted by Gasteiger charge is 2.61. The summed E-state index contributed by atoms with van der Waals surface area (Å²) in [5.74, 6) is -0.536. The molecule has 1 spiro atoms. The van der Waals surface area contributed by atoms with Crippen LogP contribution in [-0.2, 0) is 20.6 Å². The molecule has 1 aromatic carbocycles. The van der Waals surface area contributed by atoms with Gasteiger partial charge >= 0.3 is 0 Å². The lowest BCUT2D eigenvalue weighted by Gasteiger charge is -2.41. The molecule has 0 N–H and O–H groups in total. The van der Waals surface area contributed by atoms with Crippen molar-refractivity contribution in [3.8, 4) is 5.69 Å². The lowest BCUT2D eigenvalue weighted by Crippen LogP contribution is -2.46. The van der Waals surface area contributed by atoms with E-state index in [2.05, 4.69) is 54.0 Å². The Hall–Kier alpha value is -1.95. The number of aryl methyl sites for hydroxylation is 1. The van der Waals surface area contributed by atoms with Crippen LogP contribution in [0.1, 0.15) is 36.6 Å². The van der Waals surface area contributed by atoms with Crippen LogP contribution in [0, 0.1) is 12.3 Å². The summed E-state index contributed by atoms with van der Waals surface area (Å²) in [4.78, 5) is 0. The molecule has 0 radical (unpaired) electrons. The van der Waals surface area contributed by atoms with E-state index in [0.717, 1.165) is 24.9 Å². The zero-order chi connectivity index (χ0) is 18.6. The average Bonchev–Trinajstić information content (AvgIpc) is 3.32. The van der Waals surface area contributed by atoms with Gasteiger partial charge in [-0.1, -0.05) is 30.2 Å². The fourth-order valence-electron chi connectivity index (χ4n) is 4.95. The summed E-state index contributed by atoms with van der Waals surface area (Å²) in [6, 6.07) is 8.52. The lowest BCUT2D eigenvalue weighted by atomic mass is 9.72. The van der Waals surface area contributed by atoms with Crippen molar-refractivity contribution in [3.63, 3.8) is 0 Å². The van der Waals surface area contributed by atoms with Crippen molar-refractivity contribution in [2.24, 2.45) is 5.41 Å². The number of hydrogen-bond acceptors (Lipinski definition) is 4. The molecule has 3 atom stereocenters. The molecule has 3 unspecified atom stereocenters. The summed E-state index contributed by atoms with van der Waals surface area (Å²) in [7, 11) is 1.71. The zero-order valence-electron chi connectivity index (χ0n) is 16.2. The number of nitrogens with zero attached hydrogens (tertiary/aromatic N) is 2. The summed E-state index contributed by atoms with van der Waals surface area (Å²) >= 11 is 0. The molecule has 27 heavy (non-hydrogen) atoms. The minimum Gasteiger partial charge on any atom is -0.382 e. The van der Waals surface area contributed by atoms with Gasteiger partial charge in [0.05, 0.1) is 30.8 Å². The van der Waals surface area contributed by atoms with Gasteiger partial charge in [0.25, 0.3) is 0 Å². The number of ether oxygens (including phenoxy) is 3. The molecule has 5 heteroatoms. The van der Waals surface area contributed by atoms with Crippen LogP contribution >= 0.6 is 0 Å². The van der Waals surface area contributed by atoms with E-state index in [1.165, 1.54) is 22.4 Å². The molecule has 2 heterocycles. The lowest BCUT2D eigenvalue weighted by molar-refractivity contribution is -0.220. The van der Waals surface area contributed by atoms with Crippen molar-refractivity contribution in [2.45, 2.75) is 45.0 Å². The van der Waals surface area contributed by atoms with Crippen molar-refractivity contribution in [2.75, 3.05) is 20.3 Å². The number of aromatic nitrogens is 2. The predicted molar refractivity (Wildman–Crippen MR) is 103 cm³/mol. The van der Waals surface area contributed by atoms with Gasteiger partial charge < -0.3 is 14.2 Å². The average molecular weight is 366 g/mol. The van der Waals surface area contributed by atoms with Crippen LogP contribution in [0.3, 0.4) is 0 Å². The molecular formula is C22H26N2O3. The molecule has 5 nitrogen and oxygen atoms in total. The number of methoxy groups -OCH3 is 1. The molecule has 142 valence electrons. The van der Waals surface area contributed by atoms with Gasteiger partial charge in [-0.2, -0.15) is 5.10 Å². The Morgan fingerprint density at radius 3 is 2.89 bits per heavy atom. The van der Waals surface area contributed by atoms with Crippen LogP contribution in [-0.4, -0.2) is 42.0 Å². The highest BCUT2D eigenvalue weighted by Crippen LogP contribution is 2.59. The van der Waals surface area contributed by atoms with Crippen LogP contribution in [0.2, 0.25) is 0 Å². The second-order valence-corrected chi connectivity index (χ2v) is 8.24. The van der Waals surface area contributed by atoms with Crippen molar-refractivity contribution >= 4 is 6.08 Å². The molecule has 1 saturated heterocycles.